The van der Waals surface area contributed by atoms with Gasteiger partial charge < -0.3 is 0 Å². The summed E-state index contributed by atoms with van der Waals surface area (Å²) < 4.78 is 55.3. The Balaban J connectivity index is 2.11. The number of nitrogens with zero attached hydrogens (tertiary/aromatic N) is 2. The van der Waals surface area contributed by atoms with Crippen LogP contribution >= 0.6 is 0 Å². The largest absolute Gasteiger partial charge is 0.299 e. The molecule has 0 saturated carbocycles. The van der Waals surface area contributed by atoms with Crippen LogP contribution in [0.5, 0.6) is 0 Å². The summed E-state index contributed by atoms with van der Waals surface area (Å²) in [6.45, 7) is 7.45. The fourth-order valence-corrected chi connectivity index (χ4v) is 3.57. The summed E-state index contributed by atoms with van der Waals surface area (Å²) in [6, 6.07) is 3.65. The number of halogens is 4. The van der Waals surface area contributed by atoms with Crippen LogP contribution in [0.3, 0.4) is 0 Å². The Labute approximate surface area is 165 Å². The molecular weight excluding hydrogens is 368 g/mol. The molecule has 1 aliphatic rings. The van der Waals surface area contributed by atoms with Crippen molar-refractivity contribution in [2.75, 3.05) is 20.1 Å². The van der Waals surface area contributed by atoms with Crippen molar-refractivity contribution in [3.05, 3.63) is 46.5 Å². The third kappa shape index (κ3) is 5.90. The molecule has 156 valence electrons. The zero-order valence-corrected chi connectivity index (χ0v) is 17.3. The highest BCUT2D eigenvalue weighted by atomic mass is 19.3. The molecule has 0 spiro atoms. The van der Waals surface area contributed by atoms with E-state index in [0.29, 0.717) is 18.0 Å². The van der Waals surface area contributed by atoms with E-state index in [1.54, 1.807) is 7.05 Å². The smallest absolute Gasteiger partial charge is 0.270 e. The second kappa shape index (κ2) is 8.76. The maximum absolute atomic E-state index is 14.1. The summed E-state index contributed by atoms with van der Waals surface area (Å²) in [4.78, 5) is 6.32. The monoisotopic (exact) mass is 398 g/mol. The van der Waals surface area contributed by atoms with Gasteiger partial charge in [-0.25, -0.2) is 17.6 Å². The van der Waals surface area contributed by atoms with E-state index in [4.69, 9.17) is 0 Å². The molecule has 1 aliphatic heterocycles. The number of hydrogen-bond donors (Lipinski definition) is 0. The van der Waals surface area contributed by atoms with Gasteiger partial charge in [0, 0.05) is 44.3 Å². The molecule has 0 radical (unpaired) electrons. The molecule has 0 unspecified atom stereocenters. The van der Waals surface area contributed by atoms with E-state index < -0.39 is 11.8 Å². The molecule has 6 heteroatoms. The molecule has 2 rings (SSSR count). The van der Waals surface area contributed by atoms with Gasteiger partial charge in [0.15, 0.2) is 0 Å². The summed E-state index contributed by atoms with van der Waals surface area (Å²) in [6.07, 6.45) is 4.12. The van der Waals surface area contributed by atoms with Gasteiger partial charge in [0.2, 0.25) is 0 Å². The lowest BCUT2D eigenvalue weighted by atomic mass is 9.92. The average Bonchev–Trinajstić information content (AvgIpc) is 2.61. The standard InChI is InChI=1S/C22H30F4N2/c1-15(16(2)27-5)12-17-8-10-28(11-9-17)14-18-6-7-19(21(3,23)24)13-20(18)22(4,25)26/h6-7,12-13,17H,8-11,14H2,1-5H3/b15-12+,27-16?. The van der Waals surface area contributed by atoms with Crippen LogP contribution in [0.15, 0.2) is 34.8 Å². The number of rotatable bonds is 6. The summed E-state index contributed by atoms with van der Waals surface area (Å²) >= 11 is 0. The van der Waals surface area contributed by atoms with E-state index in [1.165, 1.54) is 17.7 Å². The van der Waals surface area contributed by atoms with Gasteiger partial charge in [-0.15, -0.1) is 0 Å². The zero-order chi connectivity index (χ0) is 21.1. The highest BCUT2D eigenvalue weighted by Gasteiger charge is 2.32. The summed E-state index contributed by atoms with van der Waals surface area (Å²) in [7, 11) is 1.77. The lowest BCUT2D eigenvalue weighted by Gasteiger charge is -2.32. The second-order valence-electron chi connectivity index (χ2n) is 7.92. The molecule has 1 saturated heterocycles. The van der Waals surface area contributed by atoms with Gasteiger partial charge in [-0.05, 0) is 62.9 Å². The molecule has 0 amide bonds. The first-order valence-corrected chi connectivity index (χ1v) is 9.66. The van der Waals surface area contributed by atoms with Gasteiger partial charge in [-0.1, -0.05) is 18.2 Å². The predicted molar refractivity (Wildman–Crippen MR) is 106 cm³/mol. The molecule has 0 bridgehead atoms. The molecule has 0 aliphatic carbocycles. The molecule has 1 fully saturated rings. The second-order valence-corrected chi connectivity index (χ2v) is 7.92. The zero-order valence-electron chi connectivity index (χ0n) is 17.3. The van der Waals surface area contributed by atoms with Gasteiger partial charge >= 0.3 is 0 Å². The van der Waals surface area contributed by atoms with E-state index in [2.05, 4.69) is 22.9 Å². The van der Waals surface area contributed by atoms with Crippen LogP contribution in [0.25, 0.3) is 0 Å². The normalized spacial score (nSPS) is 18.6. The molecule has 2 nitrogen and oxygen atoms in total. The van der Waals surface area contributed by atoms with E-state index in [-0.39, 0.29) is 11.1 Å². The molecule has 0 N–H and O–H groups in total. The maximum Gasteiger partial charge on any atom is 0.270 e. The summed E-state index contributed by atoms with van der Waals surface area (Å²) in [5.41, 5.74) is 1.92. The lowest BCUT2D eigenvalue weighted by molar-refractivity contribution is 0.00938. The average molecular weight is 398 g/mol. The van der Waals surface area contributed by atoms with Crippen LogP contribution < -0.4 is 0 Å². The van der Waals surface area contributed by atoms with Crippen molar-refractivity contribution < 1.29 is 17.6 Å². The Morgan fingerprint density at radius 3 is 2.21 bits per heavy atom. The number of aliphatic imine (C=N–C) groups is 1. The van der Waals surface area contributed by atoms with Crippen molar-refractivity contribution in [1.82, 2.24) is 4.90 Å². The van der Waals surface area contributed by atoms with Crippen LogP contribution in [0.4, 0.5) is 17.6 Å². The quantitative estimate of drug-likeness (QED) is 0.414. The van der Waals surface area contributed by atoms with Crippen molar-refractivity contribution in [1.29, 1.82) is 0 Å². The van der Waals surface area contributed by atoms with E-state index in [9.17, 15) is 17.6 Å². The molecule has 1 aromatic rings. The van der Waals surface area contributed by atoms with Crippen molar-refractivity contribution in [3.63, 3.8) is 0 Å². The minimum absolute atomic E-state index is 0.306. The van der Waals surface area contributed by atoms with E-state index >= 15 is 0 Å². The van der Waals surface area contributed by atoms with Crippen molar-refractivity contribution >= 4 is 5.71 Å². The molecule has 0 aromatic heterocycles. The van der Waals surface area contributed by atoms with Crippen LogP contribution in [0.2, 0.25) is 0 Å². The Morgan fingerprint density at radius 1 is 1.11 bits per heavy atom. The van der Waals surface area contributed by atoms with Crippen LogP contribution in [0, 0.1) is 5.92 Å². The first kappa shape index (κ1) is 22.6. The third-order valence-corrected chi connectivity index (χ3v) is 5.51. The minimum atomic E-state index is -3.16. The number of benzene rings is 1. The van der Waals surface area contributed by atoms with E-state index in [1.807, 2.05) is 6.92 Å². The maximum atomic E-state index is 14.1. The SMILES string of the molecule is CN=C(C)/C(C)=C/C1CCN(Cc2ccc(C(C)(F)F)cc2C(C)(F)F)CC1. The van der Waals surface area contributed by atoms with E-state index in [0.717, 1.165) is 51.6 Å². The van der Waals surface area contributed by atoms with Crippen molar-refractivity contribution in [3.8, 4) is 0 Å². The van der Waals surface area contributed by atoms with Crippen LogP contribution in [-0.4, -0.2) is 30.7 Å². The number of alkyl halides is 4. The number of likely N-dealkylation sites (tertiary alicyclic amines) is 1. The fraction of sp³-hybridized carbons (Fsp3) is 0.591. The Morgan fingerprint density at radius 2 is 1.71 bits per heavy atom. The minimum Gasteiger partial charge on any atom is -0.299 e. The highest BCUT2D eigenvalue weighted by molar-refractivity contribution is 5.97. The van der Waals surface area contributed by atoms with Gasteiger partial charge in [0.1, 0.15) is 0 Å². The number of hydrogen-bond acceptors (Lipinski definition) is 2. The number of allylic oxidation sites excluding steroid dienone is 2. The highest BCUT2D eigenvalue weighted by Crippen LogP contribution is 2.36. The van der Waals surface area contributed by atoms with Crippen molar-refractivity contribution in [2.24, 2.45) is 10.9 Å². The molecule has 1 aromatic carbocycles. The van der Waals surface area contributed by atoms with Gasteiger partial charge in [-0.2, -0.15) is 0 Å². The molecule has 1 heterocycles. The Bertz CT molecular complexity index is 734. The number of piperidine rings is 1. The fourth-order valence-electron chi connectivity index (χ4n) is 3.57. The predicted octanol–water partition coefficient (Wildman–Crippen LogP) is 6.16. The Kier molecular flexibility index (Phi) is 7.07. The first-order chi connectivity index (χ1) is 12.9. The van der Waals surface area contributed by atoms with Gasteiger partial charge in [0.25, 0.3) is 11.8 Å². The molecule has 28 heavy (non-hydrogen) atoms. The topological polar surface area (TPSA) is 15.6 Å². The van der Waals surface area contributed by atoms with Gasteiger partial charge in [-0.3, -0.25) is 9.89 Å². The summed E-state index contributed by atoms with van der Waals surface area (Å²) in [5.74, 6) is -5.85. The molecular formula is C22H30F4N2. The molecule has 0 atom stereocenters. The Hall–Kier alpha value is -1.69. The lowest BCUT2D eigenvalue weighted by Crippen LogP contribution is -2.33. The van der Waals surface area contributed by atoms with Gasteiger partial charge in [0.05, 0.1) is 0 Å². The summed E-state index contributed by atoms with van der Waals surface area (Å²) in [5, 5.41) is 0. The van der Waals surface area contributed by atoms with Crippen LogP contribution in [0.1, 0.15) is 57.2 Å². The first-order valence-electron chi connectivity index (χ1n) is 9.66. The third-order valence-electron chi connectivity index (χ3n) is 5.51. The van der Waals surface area contributed by atoms with Crippen molar-refractivity contribution in [2.45, 2.75) is 58.9 Å². The van der Waals surface area contributed by atoms with Crippen LogP contribution in [-0.2, 0) is 18.4 Å².